The lowest BCUT2D eigenvalue weighted by Crippen LogP contribution is -2.47. The number of fused-ring (bicyclic) bond motifs is 4. The van der Waals surface area contributed by atoms with Crippen molar-refractivity contribution in [1.82, 2.24) is 0 Å². The van der Waals surface area contributed by atoms with Crippen molar-refractivity contribution in [2.45, 2.75) is 57.5 Å². The van der Waals surface area contributed by atoms with Crippen molar-refractivity contribution < 1.29 is 9.90 Å². The van der Waals surface area contributed by atoms with E-state index in [0.717, 1.165) is 32.1 Å². The molecule has 23 heavy (non-hydrogen) atoms. The van der Waals surface area contributed by atoms with Gasteiger partial charge in [0.05, 0.1) is 5.60 Å². The van der Waals surface area contributed by atoms with Crippen LogP contribution in [-0.2, 0) is 4.79 Å². The summed E-state index contributed by atoms with van der Waals surface area (Å²) in [5.41, 5.74) is 3.37. The minimum Gasteiger partial charge on any atom is -0.389 e. The van der Waals surface area contributed by atoms with Crippen molar-refractivity contribution in [2.75, 3.05) is 0 Å². The minimum atomic E-state index is -0.648. The standard InChI is InChI=1S/C21H26O2/c1-3-10-21(23)12-9-19-18-6-4-14-13-15(22)5-7-16(14)17(18)8-11-20(19,21)2/h3,8,11,13,18-19,23H,1,4-7,9-10,12H2,2H3/t18-,19+,20+,21+/m1/s1. The van der Waals surface area contributed by atoms with Gasteiger partial charge in [0.2, 0.25) is 0 Å². The summed E-state index contributed by atoms with van der Waals surface area (Å²) in [6.07, 6.45) is 14.6. The molecule has 0 saturated heterocycles. The third-order valence-corrected chi connectivity index (χ3v) is 7.04. The van der Waals surface area contributed by atoms with Gasteiger partial charge in [-0.3, -0.25) is 4.79 Å². The molecule has 0 aliphatic heterocycles. The fourth-order valence-corrected chi connectivity index (χ4v) is 5.68. The van der Waals surface area contributed by atoms with Gasteiger partial charge in [0, 0.05) is 11.8 Å². The lowest BCUT2D eigenvalue weighted by atomic mass is 9.58. The van der Waals surface area contributed by atoms with Crippen LogP contribution < -0.4 is 0 Å². The Morgan fingerprint density at radius 1 is 1.35 bits per heavy atom. The Morgan fingerprint density at radius 2 is 2.17 bits per heavy atom. The van der Waals surface area contributed by atoms with Crippen LogP contribution in [0.3, 0.4) is 0 Å². The highest BCUT2D eigenvalue weighted by molar-refractivity contribution is 5.93. The van der Waals surface area contributed by atoms with E-state index >= 15 is 0 Å². The molecule has 0 unspecified atom stereocenters. The maximum Gasteiger partial charge on any atom is 0.156 e. The highest BCUT2D eigenvalue weighted by Crippen LogP contribution is 2.61. The molecular weight excluding hydrogens is 284 g/mol. The molecule has 4 rings (SSSR count). The number of carbonyl (C=O) groups excluding carboxylic acids is 1. The fourth-order valence-electron chi connectivity index (χ4n) is 5.68. The Hall–Kier alpha value is -1.41. The van der Waals surface area contributed by atoms with Gasteiger partial charge in [-0.05, 0) is 73.2 Å². The first-order valence-electron chi connectivity index (χ1n) is 8.98. The molecule has 0 bridgehead atoms. The summed E-state index contributed by atoms with van der Waals surface area (Å²) in [5, 5.41) is 11.2. The first kappa shape index (κ1) is 15.1. The third-order valence-electron chi connectivity index (χ3n) is 7.04. The molecule has 2 nitrogen and oxygen atoms in total. The van der Waals surface area contributed by atoms with Crippen molar-refractivity contribution in [3.8, 4) is 0 Å². The lowest BCUT2D eigenvalue weighted by Gasteiger charge is -2.48. The molecule has 1 saturated carbocycles. The Labute approximate surface area is 138 Å². The van der Waals surface area contributed by atoms with Gasteiger partial charge in [0.15, 0.2) is 5.78 Å². The Balaban J connectivity index is 1.79. The van der Waals surface area contributed by atoms with Crippen LogP contribution in [-0.4, -0.2) is 16.5 Å². The highest BCUT2D eigenvalue weighted by atomic mass is 16.3. The molecule has 0 aromatic rings. The van der Waals surface area contributed by atoms with Crippen LogP contribution in [0.5, 0.6) is 0 Å². The molecule has 2 heteroatoms. The maximum atomic E-state index is 11.7. The monoisotopic (exact) mass is 310 g/mol. The van der Waals surface area contributed by atoms with Crippen molar-refractivity contribution >= 4 is 5.78 Å². The zero-order valence-corrected chi connectivity index (χ0v) is 14.0. The van der Waals surface area contributed by atoms with Crippen LogP contribution in [0.1, 0.15) is 51.9 Å². The molecule has 4 aliphatic carbocycles. The zero-order chi connectivity index (χ0) is 16.2. The first-order valence-corrected chi connectivity index (χ1v) is 8.98. The van der Waals surface area contributed by atoms with Crippen molar-refractivity contribution in [3.63, 3.8) is 0 Å². The molecule has 1 N–H and O–H groups in total. The van der Waals surface area contributed by atoms with Crippen molar-refractivity contribution in [2.24, 2.45) is 17.3 Å². The molecule has 0 aromatic heterocycles. The van der Waals surface area contributed by atoms with Gasteiger partial charge in [-0.25, -0.2) is 0 Å². The summed E-state index contributed by atoms with van der Waals surface area (Å²) in [4.78, 5) is 11.7. The van der Waals surface area contributed by atoms with E-state index in [4.69, 9.17) is 0 Å². The SMILES string of the molecule is C=CC[C@]1(O)CC[C@H]2[C@@H]3CCC4=CC(=O)CCC4=C3C=C[C@@]21C. The van der Waals surface area contributed by atoms with Crippen molar-refractivity contribution in [1.29, 1.82) is 0 Å². The summed E-state index contributed by atoms with van der Waals surface area (Å²) in [6.45, 7) is 6.09. The van der Waals surface area contributed by atoms with E-state index in [2.05, 4.69) is 25.7 Å². The summed E-state index contributed by atoms with van der Waals surface area (Å²) >= 11 is 0. The normalized spacial score (nSPS) is 42.0. The number of hydrogen-bond donors (Lipinski definition) is 1. The summed E-state index contributed by atoms with van der Waals surface area (Å²) in [6, 6.07) is 0. The number of aliphatic hydroxyl groups is 1. The highest BCUT2D eigenvalue weighted by Gasteiger charge is 2.58. The summed E-state index contributed by atoms with van der Waals surface area (Å²) in [5.74, 6) is 1.34. The van der Waals surface area contributed by atoms with E-state index < -0.39 is 5.60 Å². The van der Waals surface area contributed by atoms with Crippen LogP contribution in [0.25, 0.3) is 0 Å². The average molecular weight is 310 g/mol. The molecule has 122 valence electrons. The molecule has 0 spiro atoms. The smallest absolute Gasteiger partial charge is 0.156 e. The average Bonchev–Trinajstić information content (AvgIpc) is 2.79. The van der Waals surface area contributed by atoms with Crippen LogP contribution in [0.2, 0.25) is 0 Å². The van der Waals surface area contributed by atoms with Crippen LogP contribution in [0.15, 0.2) is 47.6 Å². The van der Waals surface area contributed by atoms with E-state index in [-0.39, 0.29) is 11.2 Å². The second kappa shape index (κ2) is 5.04. The fraction of sp³-hybridized carbons (Fsp3) is 0.571. The van der Waals surface area contributed by atoms with E-state index in [1.165, 1.54) is 16.7 Å². The number of ketones is 1. The Bertz CT molecular complexity index is 665. The predicted molar refractivity (Wildman–Crippen MR) is 91.8 cm³/mol. The van der Waals surface area contributed by atoms with Gasteiger partial charge < -0.3 is 5.11 Å². The van der Waals surface area contributed by atoms with Gasteiger partial charge in [0.25, 0.3) is 0 Å². The third kappa shape index (κ3) is 2.00. The van der Waals surface area contributed by atoms with Gasteiger partial charge in [-0.2, -0.15) is 0 Å². The van der Waals surface area contributed by atoms with Gasteiger partial charge in [-0.1, -0.05) is 25.2 Å². The van der Waals surface area contributed by atoms with Crippen LogP contribution >= 0.6 is 0 Å². The molecule has 4 atom stereocenters. The lowest BCUT2D eigenvalue weighted by molar-refractivity contribution is -0.114. The van der Waals surface area contributed by atoms with E-state index in [1.807, 2.05) is 12.2 Å². The number of rotatable bonds is 2. The number of carbonyl (C=O) groups is 1. The van der Waals surface area contributed by atoms with Crippen molar-refractivity contribution in [3.05, 3.63) is 47.6 Å². The van der Waals surface area contributed by atoms with Gasteiger partial charge >= 0.3 is 0 Å². The number of allylic oxidation sites excluding steroid dienone is 5. The molecule has 4 aliphatic rings. The van der Waals surface area contributed by atoms with Crippen LogP contribution in [0, 0.1) is 17.3 Å². The largest absolute Gasteiger partial charge is 0.389 e. The predicted octanol–water partition coefficient (Wildman–Crippen LogP) is 4.28. The second-order valence-corrected chi connectivity index (χ2v) is 8.00. The zero-order valence-electron chi connectivity index (χ0n) is 14.0. The molecule has 0 amide bonds. The quantitative estimate of drug-likeness (QED) is 0.773. The molecule has 1 fully saturated rings. The van der Waals surface area contributed by atoms with E-state index in [9.17, 15) is 9.90 Å². The Kier molecular flexibility index (Phi) is 3.32. The van der Waals surface area contributed by atoms with E-state index in [0.29, 0.717) is 24.7 Å². The van der Waals surface area contributed by atoms with E-state index in [1.54, 1.807) is 0 Å². The summed E-state index contributed by atoms with van der Waals surface area (Å²) < 4.78 is 0. The summed E-state index contributed by atoms with van der Waals surface area (Å²) in [7, 11) is 0. The molecular formula is C21H26O2. The van der Waals surface area contributed by atoms with Gasteiger partial charge in [0.1, 0.15) is 0 Å². The first-order chi connectivity index (χ1) is 11.0. The maximum absolute atomic E-state index is 11.7. The molecule has 0 heterocycles. The van der Waals surface area contributed by atoms with Gasteiger partial charge in [-0.15, -0.1) is 6.58 Å². The molecule has 0 aromatic carbocycles. The molecule has 0 radical (unpaired) electrons. The topological polar surface area (TPSA) is 37.3 Å². The minimum absolute atomic E-state index is 0.151. The Morgan fingerprint density at radius 3 is 2.96 bits per heavy atom. The van der Waals surface area contributed by atoms with Crippen LogP contribution in [0.4, 0.5) is 0 Å². The second-order valence-electron chi connectivity index (χ2n) is 8.00. The number of hydrogen-bond acceptors (Lipinski definition) is 2.